The lowest BCUT2D eigenvalue weighted by atomic mass is 9.76. The molecule has 3 nitrogen and oxygen atoms in total. The number of aryl methyl sites for hydroxylation is 1. The van der Waals surface area contributed by atoms with E-state index in [0.717, 1.165) is 22.3 Å². The molecule has 1 aliphatic rings. The Morgan fingerprint density at radius 3 is 2.28 bits per heavy atom. The van der Waals surface area contributed by atoms with Gasteiger partial charge in [-0.05, 0) is 75.5 Å². The van der Waals surface area contributed by atoms with E-state index in [4.69, 9.17) is 25.6 Å². The maximum absolute atomic E-state index is 6.14. The molecule has 0 unspecified atom stereocenters. The zero-order chi connectivity index (χ0) is 18.2. The molecular weight excluding hydrogens is 334 g/mol. The average molecular weight is 359 g/mol. The molecule has 2 aromatic rings. The van der Waals surface area contributed by atoms with Gasteiger partial charge in [-0.25, -0.2) is 0 Å². The van der Waals surface area contributed by atoms with Crippen molar-refractivity contribution in [2.24, 2.45) is 0 Å². The van der Waals surface area contributed by atoms with Crippen molar-refractivity contribution in [3.63, 3.8) is 0 Å². The molecule has 132 valence electrons. The number of hydrogen-bond acceptors (Lipinski definition) is 3. The van der Waals surface area contributed by atoms with Crippen molar-refractivity contribution >= 4 is 24.2 Å². The van der Waals surface area contributed by atoms with Gasteiger partial charge in [0.2, 0.25) is 0 Å². The predicted molar refractivity (Wildman–Crippen MR) is 103 cm³/mol. The maximum atomic E-state index is 6.14. The SMILES string of the molecule is Cc1cc(OCc2cccc(Cl)c2)ccc1B1OC(C)(C)C(C)(C)O1. The Labute approximate surface area is 155 Å². The quantitative estimate of drug-likeness (QED) is 0.752. The van der Waals surface area contributed by atoms with E-state index in [9.17, 15) is 0 Å². The molecule has 0 amide bonds. The molecule has 0 saturated carbocycles. The van der Waals surface area contributed by atoms with Gasteiger partial charge in [0.05, 0.1) is 11.2 Å². The summed E-state index contributed by atoms with van der Waals surface area (Å²) in [6.45, 7) is 10.8. The van der Waals surface area contributed by atoms with E-state index in [0.29, 0.717) is 11.6 Å². The Balaban J connectivity index is 1.71. The van der Waals surface area contributed by atoms with Gasteiger partial charge in [-0.2, -0.15) is 0 Å². The topological polar surface area (TPSA) is 27.7 Å². The van der Waals surface area contributed by atoms with Crippen LogP contribution in [0.15, 0.2) is 42.5 Å². The van der Waals surface area contributed by atoms with Crippen molar-refractivity contribution in [1.29, 1.82) is 0 Å². The van der Waals surface area contributed by atoms with Gasteiger partial charge in [0, 0.05) is 5.02 Å². The van der Waals surface area contributed by atoms with Crippen molar-refractivity contribution in [2.45, 2.75) is 52.4 Å². The second-order valence-electron chi connectivity index (χ2n) is 7.53. The van der Waals surface area contributed by atoms with Gasteiger partial charge >= 0.3 is 7.12 Å². The van der Waals surface area contributed by atoms with E-state index in [1.54, 1.807) is 0 Å². The van der Waals surface area contributed by atoms with Gasteiger partial charge in [0.1, 0.15) is 12.4 Å². The summed E-state index contributed by atoms with van der Waals surface area (Å²) in [6, 6.07) is 13.7. The second-order valence-corrected chi connectivity index (χ2v) is 7.96. The minimum absolute atomic E-state index is 0.341. The van der Waals surface area contributed by atoms with E-state index in [-0.39, 0.29) is 18.3 Å². The monoisotopic (exact) mass is 358 g/mol. The molecule has 0 N–H and O–H groups in total. The van der Waals surface area contributed by atoms with Crippen LogP contribution in [0.5, 0.6) is 5.75 Å². The van der Waals surface area contributed by atoms with E-state index in [2.05, 4.69) is 27.7 Å². The molecule has 1 saturated heterocycles. The summed E-state index contributed by atoms with van der Waals surface area (Å²) in [7, 11) is -0.355. The fourth-order valence-electron chi connectivity index (χ4n) is 2.77. The Hall–Kier alpha value is -1.49. The third kappa shape index (κ3) is 3.86. The number of ether oxygens (including phenoxy) is 1. The molecule has 3 rings (SSSR count). The summed E-state index contributed by atoms with van der Waals surface area (Å²) in [6.07, 6.45) is 0. The lowest BCUT2D eigenvalue weighted by molar-refractivity contribution is 0.00578. The largest absolute Gasteiger partial charge is 0.495 e. The molecule has 0 bridgehead atoms. The van der Waals surface area contributed by atoms with Gasteiger partial charge in [-0.3, -0.25) is 0 Å². The van der Waals surface area contributed by atoms with E-state index in [1.165, 1.54) is 0 Å². The highest BCUT2D eigenvalue weighted by atomic mass is 35.5. The van der Waals surface area contributed by atoms with Crippen molar-refractivity contribution < 1.29 is 14.0 Å². The van der Waals surface area contributed by atoms with Crippen LogP contribution in [0.2, 0.25) is 5.02 Å². The highest BCUT2D eigenvalue weighted by molar-refractivity contribution is 6.62. The molecule has 0 spiro atoms. The molecule has 1 aliphatic heterocycles. The van der Waals surface area contributed by atoms with Crippen molar-refractivity contribution in [3.8, 4) is 5.75 Å². The van der Waals surface area contributed by atoms with E-state index < -0.39 is 0 Å². The van der Waals surface area contributed by atoms with Gasteiger partial charge in [-0.15, -0.1) is 0 Å². The van der Waals surface area contributed by atoms with Crippen LogP contribution in [0.4, 0.5) is 0 Å². The van der Waals surface area contributed by atoms with Crippen LogP contribution in [0.25, 0.3) is 0 Å². The first kappa shape index (κ1) is 18.3. The number of hydrogen-bond donors (Lipinski definition) is 0. The first-order valence-electron chi connectivity index (χ1n) is 8.51. The summed E-state index contributed by atoms with van der Waals surface area (Å²) in [5.41, 5.74) is 2.48. The van der Waals surface area contributed by atoms with E-state index >= 15 is 0 Å². The summed E-state index contributed by atoms with van der Waals surface area (Å²) >= 11 is 6.01. The van der Waals surface area contributed by atoms with Gasteiger partial charge < -0.3 is 14.0 Å². The van der Waals surface area contributed by atoms with Crippen molar-refractivity contribution in [3.05, 3.63) is 58.6 Å². The first-order chi connectivity index (χ1) is 11.7. The third-order valence-electron chi connectivity index (χ3n) is 5.04. The lowest BCUT2D eigenvalue weighted by Gasteiger charge is -2.32. The van der Waals surface area contributed by atoms with Crippen LogP contribution in [0, 0.1) is 6.92 Å². The fourth-order valence-corrected chi connectivity index (χ4v) is 2.98. The maximum Gasteiger partial charge on any atom is 0.495 e. The summed E-state index contributed by atoms with van der Waals surface area (Å²) in [5, 5.41) is 0.716. The van der Waals surface area contributed by atoms with Gasteiger partial charge in [0.25, 0.3) is 0 Å². The molecule has 0 atom stereocenters. The Kier molecular flexibility index (Phi) is 4.89. The highest BCUT2D eigenvalue weighted by Gasteiger charge is 2.52. The van der Waals surface area contributed by atoms with E-state index in [1.807, 2.05) is 49.4 Å². The van der Waals surface area contributed by atoms with Crippen LogP contribution >= 0.6 is 11.6 Å². The molecule has 1 fully saturated rings. The van der Waals surface area contributed by atoms with Crippen molar-refractivity contribution in [1.82, 2.24) is 0 Å². The fraction of sp³-hybridized carbons (Fsp3) is 0.400. The lowest BCUT2D eigenvalue weighted by Crippen LogP contribution is -2.41. The zero-order valence-corrected chi connectivity index (χ0v) is 16.2. The molecule has 2 aromatic carbocycles. The molecule has 0 radical (unpaired) electrons. The molecule has 0 aliphatic carbocycles. The van der Waals surface area contributed by atoms with Crippen LogP contribution in [0.3, 0.4) is 0 Å². The minimum atomic E-state index is -0.355. The summed E-state index contributed by atoms with van der Waals surface area (Å²) in [4.78, 5) is 0. The van der Waals surface area contributed by atoms with Crippen LogP contribution in [0.1, 0.15) is 38.8 Å². The smallest absolute Gasteiger partial charge is 0.489 e. The number of halogens is 1. The Morgan fingerprint density at radius 1 is 1.00 bits per heavy atom. The molecule has 5 heteroatoms. The number of rotatable bonds is 4. The average Bonchev–Trinajstić information content (AvgIpc) is 2.73. The Morgan fingerprint density at radius 2 is 1.68 bits per heavy atom. The molecule has 1 heterocycles. The number of benzene rings is 2. The third-order valence-corrected chi connectivity index (χ3v) is 5.28. The Bertz CT molecular complexity index is 757. The second kappa shape index (κ2) is 6.67. The summed E-state index contributed by atoms with van der Waals surface area (Å²) in [5.74, 6) is 0.817. The van der Waals surface area contributed by atoms with Crippen LogP contribution in [-0.4, -0.2) is 18.3 Å². The summed E-state index contributed by atoms with van der Waals surface area (Å²) < 4.78 is 18.2. The first-order valence-corrected chi connectivity index (χ1v) is 8.89. The minimum Gasteiger partial charge on any atom is -0.489 e. The van der Waals surface area contributed by atoms with Crippen LogP contribution < -0.4 is 10.2 Å². The molecular formula is C20H24BClO3. The normalized spacial score (nSPS) is 18.4. The standard InChI is InChI=1S/C20H24BClO3/c1-14-11-17(23-13-15-7-6-8-16(22)12-15)9-10-18(14)21-24-19(2,3)20(4,5)25-21/h6-12H,13H2,1-5H3. The van der Waals surface area contributed by atoms with Gasteiger partial charge in [-0.1, -0.05) is 29.8 Å². The van der Waals surface area contributed by atoms with Crippen LogP contribution in [-0.2, 0) is 15.9 Å². The van der Waals surface area contributed by atoms with Crippen molar-refractivity contribution in [2.75, 3.05) is 0 Å². The van der Waals surface area contributed by atoms with Gasteiger partial charge in [0.15, 0.2) is 0 Å². The predicted octanol–water partition coefficient (Wildman–Crippen LogP) is 4.53. The highest BCUT2D eigenvalue weighted by Crippen LogP contribution is 2.36. The molecule has 25 heavy (non-hydrogen) atoms. The zero-order valence-electron chi connectivity index (χ0n) is 15.4. The molecule has 0 aromatic heterocycles.